The lowest BCUT2D eigenvalue weighted by molar-refractivity contribution is -0.137. The molecule has 0 aliphatic carbocycles. The summed E-state index contributed by atoms with van der Waals surface area (Å²) < 4.78 is 36.0. The molecule has 0 unspecified atom stereocenters. The Morgan fingerprint density at radius 3 is 2.48 bits per heavy atom. The molecule has 0 spiro atoms. The van der Waals surface area contributed by atoms with Crippen LogP contribution >= 0.6 is 0 Å². The maximum atomic E-state index is 11.7. The second-order valence-electron chi connectivity index (χ2n) is 4.28. The first-order valence-corrected chi connectivity index (χ1v) is 8.02. The molecule has 0 aliphatic heterocycles. The number of aliphatic carboxylic acids is 1. The maximum Gasteiger partial charge on any atom is 0.303 e. The summed E-state index contributed by atoms with van der Waals surface area (Å²) in [6.45, 7) is 0.884. The molecule has 0 radical (unpaired) electrons. The summed E-state index contributed by atoms with van der Waals surface area (Å²) >= 11 is 0. The second-order valence-corrected chi connectivity index (χ2v) is 6.13. The average Bonchev–Trinajstić information content (AvgIpc) is 2.40. The van der Waals surface area contributed by atoms with Crippen molar-refractivity contribution in [3.8, 4) is 5.75 Å². The quantitative estimate of drug-likeness (QED) is 0.631. The van der Waals surface area contributed by atoms with Crippen LogP contribution in [0.2, 0.25) is 0 Å². The predicted octanol–water partition coefficient (Wildman–Crippen LogP) is 1.32. The first kappa shape index (κ1) is 17.3. The SMILES string of the molecule is COCCOc1ccc(NS(=O)(=O)CCCC(=O)O)cc1. The second kappa shape index (κ2) is 8.48. The van der Waals surface area contributed by atoms with Gasteiger partial charge in [-0.15, -0.1) is 0 Å². The highest BCUT2D eigenvalue weighted by Gasteiger charge is 2.11. The van der Waals surface area contributed by atoms with Gasteiger partial charge in [0.25, 0.3) is 0 Å². The number of nitrogens with one attached hydrogen (secondary N) is 1. The standard InChI is InChI=1S/C13H19NO6S/c1-19-8-9-20-12-6-4-11(5-7-12)14-21(17,18)10-2-3-13(15)16/h4-7,14H,2-3,8-10H2,1H3,(H,15,16). The minimum atomic E-state index is -3.54. The van der Waals surface area contributed by atoms with Crippen molar-refractivity contribution in [2.75, 3.05) is 30.8 Å². The summed E-state index contributed by atoms with van der Waals surface area (Å²) in [6.07, 6.45) is -0.101. The fourth-order valence-electron chi connectivity index (χ4n) is 1.51. The Morgan fingerprint density at radius 2 is 1.90 bits per heavy atom. The molecule has 0 bridgehead atoms. The fourth-order valence-corrected chi connectivity index (χ4v) is 2.63. The zero-order chi connectivity index (χ0) is 15.7. The van der Waals surface area contributed by atoms with Gasteiger partial charge in [-0.2, -0.15) is 0 Å². The predicted molar refractivity (Wildman–Crippen MR) is 78.1 cm³/mol. The van der Waals surface area contributed by atoms with Crippen LogP contribution in [0.5, 0.6) is 5.75 Å². The number of carboxylic acids is 1. The van der Waals surface area contributed by atoms with E-state index in [0.717, 1.165) is 0 Å². The molecule has 0 atom stereocenters. The molecule has 8 heteroatoms. The molecular formula is C13H19NO6S. The van der Waals surface area contributed by atoms with E-state index in [1.165, 1.54) is 0 Å². The Morgan fingerprint density at radius 1 is 1.24 bits per heavy atom. The van der Waals surface area contributed by atoms with E-state index in [2.05, 4.69) is 4.72 Å². The molecule has 7 nitrogen and oxygen atoms in total. The Balaban J connectivity index is 2.48. The van der Waals surface area contributed by atoms with Crippen molar-refractivity contribution in [3.05, 3.63) is 24.3 Å². The number of benzene rings is 1. The van der Waals surface area contributed by atoms with Gasteiger partial charge in [-0.25, -0.2) is 8.42 Å². The van der Waals surface area contributed by atoms with E-state index >= 15 is 0 Å². The summed E-state index contributed by atoms with van der Waals surface area (Å²) in [7, 11) is -1.96. The molecule has 1 aromatic rings. The van der Waals surface area contributed by atoms with Crippen molar-refractivity contribution < 1.29 is 27.8 Å². The molecular weight excluding hydrogens is 298 g/mol. The van der Waals surface area contributed by atoms with E-state index in [1.54, 1.807) is 31.4 Å². The van der Waals surface area contributed by atoms with Crippen molar-refractivity contribution in [3.63, 3.8) is 0 Å². The van der Waals surface area contributed by atoms with Gasteiger partial charge >= 0.3 is 5.97 Å². The number of ether oxygens (including phenoxy) is 2. The summed E-state index contributed by atoms with van der Waals surface area (Å²) in [5.74, 6) is -0.630. The molecule has 0 aliphatic rings. The molecule has 0 saturated heterocycles. The van der Waals surface area contributed by atoms with E-state index in [0.29, 0.717) is 24.7 Å². The van der Waals surface area contributed by atoms with Crippen molar-refractivity contribution in [1.82, 2.24) is 0 Å². The molecule has 0 aromatic heterocycles. The Bertz CT molecular complexity index is 540. The number of rotatable bonds is 10. The first-order chi connectivity index (χ1) is 9.93. The van der Waals surface area contributed by atoms with Gasteiger partial charge in [0.05, 0.1) is 12.4 Å². The molecule has 0 fully saturated rings. The molecule has 0 heterocycles. The van der Waals surface area contributed by atoms with Crippen molar-refractivity contribution in [2.45, 2.75) is 12.8 Å². The molecule has 0 amide bonds. The largest absolute Gasteiger partial charge is 0.491 e. The van der Waals surface area contributed by atoms with Gasteiger partial charge in [-0.1, -0.05) is 0 Å². The third-order valence-electron chi connectivity index (χ3n) is 2.49. The lowest BCUT2D eigenvalue weighted by Crippen LogP contribution is -2.17. The van der Waals surface area contributed by atoms with Crippen LogP contribution in [-0.4, -0.2) is 45.6 Å². The monoisotopic (exact) mass is 317 g/mol. The lowest BCUT2D eigenvalue weighted by atomic mass is 10.3. The highest BCUT2D eigenvalue weighted by Crippen LogP contribution is 2.17. The highest BCUT2D eigenvalue weighted by atomic mass is 32.2. The Labute approximate surface area is 123 Å². The fraction of sp³-hybridized carbons (Fsp3) is 0.462. The first-order valence-electron chi connectivity index (χ1n) is 6.37. The minimum Gasteiger partial charge on any atom is -0.491 e. The van der Waals surface area contributed by atoms with Gasteiger partial charge < -0.3 is 14.6 Å². The number of hydrogen-bond acceptors (Lipinski definition) is 5. The van der Waals surface area contributed by atoms with Gasteiger partial charge in [0.1, 0.15) is 12.4 Å². The lowest BCUT2D eigenvalue weighted by Gasteiger charge is -2.09. The van der Waals surface area contributed by atoms with Crippen LogP contribution in [0.25, 0.3) is 0 Å². The van der Waals surface area contributed by atoms with E-state index < -0.39 is 16.0 Å². The molecule has 118 valence electrons. The Kier molecular flexibility index (Phi) is 6.97. The number of carbonyl (C=O) groups is 1. The number of methoxy groups -OCH3 is 1. The number of carboxylic acid groups (broad SMARTS) is 1. The number of sulfonamides is 1. The Hall–Kier alpha value is -1.80. The van der Waals surface area contributed by atoms with Crippen LogP contribution in [-0.2, 0) is 19.6 Å². The number of hydrogen-bond donors (Lipinski definition) is 2. The summed E-state index contributed by atoms with van der Waals surface area (Å²) in [5.41, 5.74) is 0.407. The third-order valence-corrected chi connectivity index (χ3v) is 3.86. The molecule has 0 saturated carbocycles. The van der Waals surface area contributed by atoms with Crippen molar-refractivity contribution in [1.29, 1.82) is 0 Å². The van der Waals surface area contributed by atoms with Gasteiger partial charge in [0.2, 0.25) is 10.0 Å². The van der Waals surface area contributed by atoms with Gasteiger partial charge in [-0.05, 0) is 30.7 Å². The van der Waals surface area contributed by atoms with Crippen LogP contribution in [0.4, 0.5) is 5.69 Å². The molecule has 1 rings (SSSR count). The number of anilines is 1. The summed E-state index contributed by atoms with van der Waals surface area (Å²) in [5, 5.41) is 8.48. The molecule has 1 aromatic carbocycles. The minimum absolute atomic E-state index is 0.0723. The van der Waals surface area contributed by atoms with Gasteiger partial charge in [-0.3, -0.25) is 9.52 Å². The smallest absolute Gasteiger partial charge is 0.303 e. The van der Waals surface area contributed by atoms with Crippen LogP contribution < -0.4 is 9.46 Å². The van der Waals surface area contributed by atoms with E-state index in [9.17, 15) is 13.2 Å². The average molecular weight is 317 g/mol. The van der Waals surface area contributed by atoms with E-state index in [4.69, 9.17) is 14.6 Å². The van der Waals surface area contributed by atoms with Crippen LogP contribution in [0.1, 0.15) is 12.8 Å². The maximum absolute atomic E-state index is 11.7. The summed E-state index contributed by atoms with van der Waals surface area (Å²) in [6, 6.07) is 6.45. The third kappa shape index (κ3) is 7.52. The van der Waals surface area contributed by atoms with Gasteiger partial charge in [0, 0.05) is 19.2 Å². The zero-order valence-corrected chi connectivity index (χ0v) is 12.6. The zero-order valence-electron chi connectivity index (χ0n) is 11.7. The van der Waals surface area contributed by atoms with Crippen LogP contribution in [0.3, 0.4) is 0 Å². The van der Waals surface area contributed by atoms with E-state index in [1.807, 2.05) is 0 Å². The highest BCUT2D eigenvalue weighted by molar-refractivity contribution is 7.92. The van der Waals surface area contributed by atoms with Crippen LogP contribution in [0.15, 0.2) is 24.3 Å². The van der Waals surface area contributed by atoms with E-state index in [-0.39, 0.29) is 18.6 Å². The normalized spacial score (nSPS) is 11.1. The topological polar surface area (TPSA) is 102 Å². The summed E-state index contributed by atoms with van der Waals surface area (Å²) in [4.78, 5) is 10.4. The van der Waals surface area contributed by atoms with Gasteiger partial charge in [0.15, 0.2) is 0 Å². The van der Waals surface area contributed by atoms with Crippen molar-refractivity contribution in [2.24, 2.45) is 0 Å². The van der Waals surface area contributed by atoms with Crippen molar-refractivity contribution >= 4 is 21.7 Å². The van der Waals surface area contributed by atoms with Crippen LogP contribution in [0, 0.1) is 0 Å². The molecule has 21 heavy (non-hydrogen) atoms. The molecule has 2 N–H and O–H groups in total.